The molecule has 2 N–H and O–H groups in total. The Labute approximate surface area is 145 Å². The van der Waals surface area contributed by atoms with Gasteiger partial charge in [-0.05, 0) is 0 Å². The summed E-state index contributed by atoms with van der Waals surface area (Å²) in [5, 5.41) is 0. The van der Waals surface area contributed by atoms with Crippen LogP contribution >= 0.6 is 7.28 Å². The zero-order valence-corrected chi connectivity index (χ0v) is 16.1. The fraction of sp³-hybridized carbons (Fsp3) is 0.611. The minimum atomic E-state index is -3.88. The number of nitrogens with one attached hydrogen (secondary N) is 1. The number of rotatable bonds is 13. The van der Waals surface area contributed by atoms with Gasteiger partial charge in [0.25, 0.3) is 0 Å². The standard InChI is InChI=1S/C18H32NO4P/c1-4-6-13-24(21,14-7-5-2,22-16-17(3)20)23-19-15-18-11-9-8-10-12-18/h8-12,19,21H,4-7,13-16H2,1-3H3. The normalized spacial score (nSPS) is 13.4. The van der Waals surface area contributed by atoms with Crippen molar-refractivity contribution in [3.05, 3.63) is 35.9 Å². The van der Waals surface area contributed by atoms with Gasteiger partial charge in [-0.25, -0.2) is 0 Å². The van der Waals surface area contributed by atoms with Gasteiger partial charge in [-0.3, -0.25) is 0 Å². The predicted octanol–water partition coefficient (Wildman–Crippen LogP) is 4.20. The average Bonchev–Trinajstić information content (AvgIpc) is 2.58. The number of benzene rings is 1. The fourth-order valence-corrected chi connectivity index (χ4v) is 5.82. The molecule has 24 heavy (non-hydrogen) atoms. The Balaban J connectivity index is 2.83. The third-order valence-electron chi connectivity index (χ3n) is 3.86. The zero-order valence-electron chi connectivity index (χ0n) is 15.2. The molecule has 0 atom stereocenters. The van der Waals surface area contributed by atoms with Gasteiger partial charge in [0.1, 0.15) is 0 Å². The number of carbonyl (C=O) groups excluding carboxylic acids is 1. The van der Waals surface area contributed by atoms with E-state index in [1.807, 2.05) is 30.3 Å². The molecule has 0 unspecified atom stereocenters. The van der Waals surface area contributed by atoms with Gasteiger partial charge in [-0.15, -0.1) is 0 Å². The number of Topliss-reactive ketones (excluding diaryl/α,β-unsaturated/α-hetero) is 1. The maximum atomic E-state index is 11.4. The van der Waals surface area contributed by atoms with Crippen molar-refractivity contribution >= 4 is 13.1 Å². The molecule has 6 heteroatoms. The summed E-state index contributed by atoms with van der Waals surface area (Å²) in [4.78, 5) is 22.8. The monoisotopic (exact) mass is 357 g/mol. The van der Waals surface area contributed by atoms with Crippen LogP contribution in [0.5, 0.6) is 0 Å². The van der Waals surface area contributed by atoms with Crippen LogP contribution in [0.1, 0.15) is 52.0 Å². The van der Waals surface area contributed by atoms with Crippen LogP contribution in [-0.4, -0.2) is 29.6 Å². The van der Waals surface area contributed by atoms with E-state index >= 15 is 0 Å². The van der Waals surface area contributed by atoms with Gasteiger partial charge in [-0.1, -0.05) is 0 Å². The van der Waals surface area contributed by atoms with Crippen LogP contribution in [-0.2, 0) is 20.5 Å². The maximum absolute atomic E-state index is 11.4. The summed E-state index contributed by atoms with van der Waals surface area (Å²) in [6, 6.07) is 9.83. The van der Waals surface area contributed by atoms with E-state index in [0.717, 1.165) is 31.2 Å². The van der Waals surface area contributed by atoms with Crippen LogP contribution in [0.25, 0.3) is 0 Å². The van der Waals surface area contributed by atoms with Gasteiger partial charge in [0.15, 0.2) is 0 Å². The predicted molar refractivity (Wildman–Crippen MR) is 99.7 cm³/mol. The number of hydroxylamine groups is 1. The zero-order chi connectivity index (χ0) is 17.9. The molecule has 0 saturated carbocycles. The van der Waals surface area contributed by atoms with Crippen molar-refractivity contribution in [2.45, 2.75) is 53.0 Å². The first kappa shape index (κ1) is 21.2. The molecule has 0 heterocycles. The summed E-state index contributed by atoms with van der Waals surface area (Å²) < 4.78 is 11.6. The molecule has 0 aliphatic rings. The molecule has 138 valence electrons. The first-order valence-corrected chi connectivity index (χ1v) is 11.2. The summed E-state index contributed by atoms with van der Waals surface area (Å²) in [6.45, 7) is 5.93. The van der Waals surface area contributed by atoms with E-state index in [1.165, 1.54) is 6.92 Å². The SMILES string of the molecule is CCCCP(O)(CCCC)(OCC(C)=O)ONCc1ccccc1. The first-order chi connectivity index (χ1) is 11.4. The van der Waals surface area contributed by atoms with E-state index in [0.29, 0.717) is 18.9 Å². The van der Waals surface area contributed by atoms with E-state index in [2.05, 4.69) is 19.3 Å². The van der Waals surface area contributed by atoms with Crippen LogP contribution in [0.2, 0.25) is 0 Å². The molecule has 1 rings (SSSR count). The number of unbranched alkanes of at least 4 members (excludes halogenated alkanes) is 2. The molecule has 0 spiro atoms. The Morgan fingerprint density at radius 2 is 1.71 bits per heavy atom. The Morgan fingerprint density at radius 1 is 1.12 bits per heavy atom. The summed E-state index contributed by atoms with van der Waals surface area (Å²) in [5.74, 6) is -0.113. The van der Waals surface area contributed by atoms with Crippen molar-refractivity contribution in [1.82, 2.24) is 5.48 Å². The molecule has 0 aromatic heterocycles. The summed E-state index contributed by atoms with van der Waals surface area (Å²) in [7, 11) is -3.88. The number of carbonyl (C=O) groups is 1. The van der Waals surface area contributed by atoms with Crippen LogP contribution in [0.4, 0.5) is 0 Å². The van der Waals surface area contributed by atoms with E-state index in [1.54, 1.807) is 0 Å². The molecule has 0 amide bonds. The van der Waals surface area contributed by atoms with E-state index in [4.69, 9.17) is 9.15 Å². The molecule has 0 fully saturated rings. The van der Waals surface area contributed by atoms with Crippen LogP contribution < -0.4 is 5.48 Å². The fourth-order valence-electron chi connectivity index (χ4n) is 2.39. The summed E-state index contributed by atoms with van der Waals surface area (Å²) in [6.07, 6.45) is 4.33. The minimum absolute atomic E-state index is 0.113. The molecule has 0 saturated heterocycles. The molecular weight excluding hydrogens is 325 g/mol. The molecule has 0 aliphatic heterocycles. The Morgan fingerprint density at radius 3 is 2.21 bits per heavy atom. The van der Waals surface area contributed by atoms with E-state index in [-0.39, 0.29) is 12.4 Å². The van der Waals surface area contributed by atoms with Gasteiger partial charge in [0.05, 0.1) is 0 Å². The number of hydrogen-bond donors (Lipinski definition) is 2. The van der Waals surface area contributed by atoms with E-state index < -0.39 is 7.28 Å². The topological polar surface area (TPSA) is 67.8 Å². The van der Waals surface area contributed by atoms with Crippen molar-refractivity contribution < 1.29 is 18.8 Å². The number of ketones is 1. The Bertz CT molecular complexity index is 487. The third kappa shape index (κ3) is 7.37. The summed E-state index contributed by atoms with van der Waals surface area (Å²) >= 11 is 0. The van der Waals surface area contributed by atoms with Crippen LogP contribution in [0, 0.1) is 0 Å². The van der Waals surface area contributed by atoms with Gasteiger partial charge in [0, 0.05) is 0 Å². The van der Waals surface area contributed by atoms with Gasteiger partial charge < -0.3 is 0 Å². The molecule has 0 aliphatic carbocycles. The van der Waals surface area contributed by atoms with E-state index in [9.17, 15) is 9.69 Å². The molecule has 1 aromatic carbocycles. The second-order valence-corrected chi connectivity index (χ2v) is 10.1. The van der Waals surface area contributed by atoms with Gasteiger partial charge in [0.2, 0.25) is 0 Å². The molecule has 5 nitrogen and oxygen atoms in total. The molecule has 0 radical (unpaired) electrons. The molecule has 1 aromatic rings. The van der Waals surface area contributed by atoms with Crippen molar-refractivity contribution in [3.63, 3.8) is 0 Å². The van der Waals surface area contributed by atoms with Gasteiger partial charge >= 0.3 is 145 Å². The van der Waals surface area contributed by atoms with Crippen molar-refractivity contribution in [2.75, 3.05) is 18.9 Å². The van der Waals surface area contributed by atoms with Gasteiger partial charge in [-0.2, -0.15) is 0 Å². The molecule has 0 bridgehead atoms. The number of hydrogen-bond acceptors (Lipinski definition) is 5. The molecular formula is C18H32NO4P. The first-order valence-electron chi connectivity index (χ1n) is 8.78. The second kappa shape index (κ2) is 10.2. The Kier molecular flexibility index (Phi) is 9.03. The summed E-state index contributed by atoms with van der Waals surface area (Å²) in [5.41, 5.74) is 3.95. The van der Waals surface area contributed by atoms with Crippen molar-refractivity contribution in [1.29, 1.82) is 0 Å². The van der Waals surface area contributed by atoms with Crippen molar-refractivity contribution in [3.8, 4) is 0 Å². The van der Waals surface area contributed by atoms with Crippen molar-refractivity contribution in [2.24, 2.45) is 0 Å². The Hall–Kier alpha value is -0.840. The third-order valence-corrected chi connectivity index (χ3v) is 7.51. The second-order valence-electron chi connectivity index (χ2n) is 6.29. The van der Waals surface area contributed by atoms with Crippen LogP contribution in [0.15, 0.2) is 30.3 Å². The van der Waals surface area contributed by atoms with Crippen LogP contribution in [0.3, 0.4) is 0 Å². The average molecular weight is 357 g/mol. The quantitative estimate of drug-likeness (QED) is 0.409.